The van der Waals surface area contributed by atoms with Gasteiger partial charge in [-0.2, -0.15) is 0 Å². The maximum atomic E-state index is 9.98. The summed E-state index contributed by atoms with van der Waals surface area (Å²) in [6, 6.07) is 12.1. The number of benzene rings is 2. The molecule has 2 aromatic rings. The largest absolute Gasteiger partial charge is 0.507 e. The van der Waals surface area contributed by atoms with Gasteiger partial charge in [0.05, 0.1) is 0 Å². The Kier molecular flexibility index (Phi) is 10.2. The minimum absolute atomic E-state index is 0.398. The summed E-state index contributed by atoms with van der Waals surface area (Å²) < 4.78 is 0. The van der Waals surface area contributed by atoms with Gasteiger partial charge in [0.15, 0.2) is 0 Å². The summed E-state index contributed by atoms with van der Waals surface area (Å²) >= 11 is 0. The minimum Gasteiger partial charge on any atom is -0.507 e. The van der Waals surface area contributed by atoms with Crippen molar-refractivity contribution in [2.24, 2.45) is 0 Å². The third kappa shape index (κ3) is 7.40. The van der Waals surface area contributed by atoms with Gasteiger partial charge in [-0.15, -0.1) is 0 Å². The van der Waals surface area contributed by atoms with Crippen LogP contribution < -0.4 is 0 Å². The summed E-state index contributed by atoms with van der Waals surface area (Å²) in [7, 11) is 0. The molecule has 0 unspecified atom stereocenters. The second kappa shape index (κ2) is 12.8. The quantitative estimate of drug-likeness (QED) is 0.339. The Balaban J connectivity index is 1.51. The van der Waals surface area contributed by atoms with E-state index in [0.29, 0.717) is 5.75 Å². The molecule has 0 saturated heterocycles. The van der Waals surface area contributed by atoms with Crippen molar-refractivity contribution in [1.82, 2.24) is 0 Å². The molecule has 1 N–H and O–H groups in total. The van der Waals surface area contributed by atoms with E-state index in [0.717, 1.165) is 11.8 Å². The molecule has 0 radical (unpaired) electrons. The summed E-state index contributed by atoms with van der Waals surface area (Å²) in [6.07, 6.45) is 19.3. The molecule has 0 atom stereocenters. The third-order valence-electron chi connectivity index (χ3n) is 5.54. The first kappa shape index (κ1) is 20.8. The highest BCUT2D eigenvalue weighted by atomic mass is 16.3. The van der Waals surface area contributed by atoms with Gasteiger partial charge < -0.3 is 5.11 Å². The number of unbranched alkanes of at least 4 members (excludes halogenated alkanes) is 12. The summed E-state index contributed by atoms with van der Waals surface area (Å²) in [5, 5.41) is 12.2. The average molecular weight is 355 g/mol. The zero-order valence-electron chi connectivity index (χ0n) is 16.8. The van der Waals surface area contributed by atoms with Gasteiger partial charge in [0.25, 0.3) is 0 Å². The molecule has 0 aliphatic carbocycles. The number of aryl methyl sites for hydroxylation is 1. The molecule has 0 aliphatic rings. The number of rotatable bonds is 14. The molecule has 0 spiro atoms. The van der Waals surface area contributed by atoms with Crippen LogP contribution in [0.4, 0.5) is 0 Å². The molecule has 0 bridgehead atoms. The summed E-state index contributed by atoms with van der Waals surface area (Å²) in [5.41, 5.74) is 1.38. The van der Waals surface area contributed by atoms with Crippen LogP contribution in [0.5, 0.6) is 5.75 Å². The molecule has 0 aromatic heterocycles. The van der Waals surface area contributed by atoms with E-state index in [1.54, 1.807) is 0 Å². The van der Waals surface area contributed by atoms with Gasteiger partial charge in [-0.1, -0.05) is 114 Å². The standard InChI is InChI=1S/C25H38O/c1-2-3-4-5-6-7-8-9-10-11-12-13-14-17-22-20-21-25(26)24-19-16-15-18-23(22)24/h15-16,18-21,26H,2-14,17H2,1H3. The van der Waals surface area contributed by atoms with Gasteiger partial charge in [0.1, 0.15) is 5.75 Å². The molecule has 0 heterocycles. The SMILES string of the molecule is CCCCCCCCCCCCCCCc1ccc(O)c2ccccc12. The van der Waals surface area contributed by atoms with Gasteiger partial charge in [-0.3, -0.25) is 0 Å². The van der Waals surface area contributed by atoms with E-state index < -0.39 is 0 Å². The number of fused-ring (bicyclic) bond motifs is 1. The number of phenols is 1. The fraction of sp³-hybridized carbons (Fsp3) is 0.600. The summed E-state index contributed by atoms with van der Waals surface area (Å²) in [4.78, 5) is 0. The smallest absolute Gasteiger partial charge is 0.123 e. The van der Waals surface area contributed by atoms with Crippen molar-refractivity contribution in [1.29, 1.82) is 0 Å². The maximum absolute atomic E-state index is 9.98. The third-order valence-corrected chi connectivity index (χ3v) is 5.54. The fourth-order valence-electron chi connectivity index (χ4n) is 3.90. The Labute approximate surface area is 160 Å². The molecule has 0 amide bonds. The molecule has 144 valence electrons. The zero-order chi connectivity index (χ0) is 18.5. The van der Waals surface area contributed by atoms with Crippen LogP contribution in [0.2, 0.25) is 0 Å². The van der Waals surface area contributed by atoms with Crippen molar-refractivity contribution in [3.8, 4) is 5.75 Å². The van der Waals surface area contributed by atoms with Crippen LogP contribution in [0.1, 0.15) is 96.0 Å². The second-order valence-electron chi connectivity index (χ2n) is 7.78. The van der Waals surface area contributed by atoms with Crippen LogP contribution in [-0.4, -0.2) is 5.11 Å². The lowest BCUT2D eigenvalue weighted by Gasteiger charge is -2.08. The average Bonchev–Trinajstić information content (AvgIpc) is 2.67. The van der Waals surface area contributed by atoms with Gasteiger partial charge in [0, 0.05) is 5.39 Å². The van der Waals surface area contributed by atoms with Crippen LogP contribution in [0.15, 0.2) is 36.4 Å². The Bertz CT molecular complexity index is 617. The first-order valence-electron chi connectivity index (χ1n) is 11.0. The highest BCUT2D eigenvalue weighted by Crippen LogP contribution is 2.28. The molecule has 1 heteroatoms. The van der Waals surface area contributed by atoms with Crippen LogP contribution >= 0.6 is 0 Å². The Morgan fingerprint density at radius 2 is 1.08 bits per heavy atom. The lowest BCUT2D eigenvalue weighted by Crippen LogP contribution is -1.89. The van der Waals surface area contributed by atoms with Crippen molar-refractivity contribution in [3.05, 3.63) is 42.0 Å². The van der Waals surface area contributed by atoms with Crippen LogP contribution in [0.3, 0.4) is 0 Å². The molecule has 0 saturated carbocycles. The van der Waals surface area contributed by atoms with E-state index in [2.05, 4.69) is 25.1 Å². The van der Waals surface area contributed by atoms with Crippen molar-refractivity contribution >= 4 is 10.8 Å². The molecule has 0 fully saturated rings. The second-order valence-corrected chi connectivity index (χ2v) is 7.78. The van der Waals surface area contributed by atoms with Gasteiger partial charge in [-0.05, 0) is 29.9 Å². The molecule has 2 aromatic carbocycles. The molecular formula is C25H38O. The Hall–Kier alpha value is -1.50. The topological polar surface area (TPSA) is 20.2 Å². The van der Waals surface area contributed by atoms with E-state index in [1.807, 2.05) is 18.2 Å². The van der Waals surface area contributed by atoms with Crippen molar-refractivity contribution in [2.45, 2.75) is 96.8 Å². The molecule has 1 nitrogen and oxygen atoms in total. The van der Waals surface area contributed by atoms with Crippen LogP contribution in [0.25, 0.3) is 10.8 Å². The predicted molar refractivity (Wildman–Crippen MR) is 115 cm³/mol. The van der Waals surface area contributed by atoms with E-state index in [-0.39, 0.29) is 0 Å². The van der Waals surface area contributed by atoms with Gasteiger partial charge >= 0.3 is 0 Å². The Morgan fingerprint density at radius 1 is 0.577 bits per heavy atom. The molecule has 0 aliphatic heterocycles. The monoisotopic (exact) mass is 354 g/mol. The van der Waals surface area contributed by atoms with E-state index >= 15 is 0 Å². The summed E-state index contributed by atoms with van der Waals surface area (Å²) in [6.45, 7) is 2.28. The number of aromatic hydroxyl groups is 1. The molecule has 26 heavy (non-hydrogen) atoms. The lowest BCUT2D eigenvalue weighted by molar-refractivity contribution is 0.481. The number of hydrogen-bond donors (Lipinski definition) is 1. The highest BCUT2D eigenvalue weighted by molar-refractivity contribution is 5.90. The number of hydrogen-bond acceptors (Lipinski definition) is 1. The van der Waals surface area contributed by atoms with Crippen LogP contribution in [0, 0.1) is 0 Å². The van der Waals surface area contributed by atoms with E-state index in [1.165, 1.54) is 94.4 Å². The number of phenolic OH excluding ortho intramolecular Hbond substituents is 1. The van der Waals surface area contributed by atoms with Crippen molar-refractivity contribution < 1.29 is 5.11 Å². The highest BCUT2D eigenvalue weighted by Gasteiger charge is 2.04. The molecule has 2 rings (SSSR count). The molecular weight excluding hydrogens is 316 g/mol. The van der Waals surface area contributed by atoms with Crippen molar-refractivity contribution in [3.63, 3.8) is 0 Å². The van der Waals surface area contributed by atoms with Gasteiger partial charge in [-0.25, -0.2) is 0 Å². The van der Waals surface area contributed by atoms with Gasteiger partial charge in [0.2, 0.25) is 0 Å². The summed E-state index contributed by atoms with van der Waals surface area (Å²) in [5.74, 6) is 0.398. The fourth-order valence-corrected chi connectivity index (χ4v) is 3.90. The van der Waals surface area contributed by atoms with Crippen molar-refractivity contribution in [2.75, 3.05) is 0 Å². The van der Waals surface area contributed by atoms with E-state index in [4.69, 9.17) is 0 Å². The van der Waals surface area contributed by atoms with E-state index in [9.17, 15) is 5.11 Å². The lowest BCUT2D eigenvalue weighted by atomic mass is 9.98. The normalized spacial score (nSPS) is 11.3. The maximum Gasteiger partial charge on any atom is 0.123 e. The first-order valence-corrected chi connectivity index (χ1v) is 11.0. The Morgan fingerprint density at radius 3 is 1.65 bits per heavy atom. The minimum atomic E-state index is 0.398. The predicted octanol–water partition coefficient (Wildman–Crippen LogP) is 8.18. The zero-order valence-corrected chi connectivity index (χ0v) is 16.8. The van der Waals surface area contributed by atoms with Crippen LogP contribution in [-0.2, 0) is 6.42 Å². The first-order chi connectivity index (χ1) is 12.8.